The van der Waals surface area contributed by atoms with E-state index in [0.717, 1.165) is 6.42 Å². The predicted molar refractivity (Wildman–Crippen MR) is 53.7 cm³/mol. The molecular formula is C10H24LiN. The van der Waals surface area contributed by atoms with Gasteiger partial charge in [-0.1, -0.05) is 34.1 Å². The van der Waals surface area contributed by atoms with Gasteiger partial charge in [0.05, 0.1) is 0 Å². The van der Waals surface area contributed by atoms with Crippen LogP contribution in [-0.2, 0) is 0 Å². The first-order valence-electron chi connectivity index (χ1n) is 4.78. The Morgan fingerprint density at radius 2 is 1.17 bits per heavy atom. The third kappa shape index (κ3) is 16.9. The molecule has 0 amide bonds. The summed E-state index contributed by atoms with van der Waals surface area (Å²) >= 11 is 0. The molecular weight excluding hydrogens is 141 g/mol. The molecule has 0 aromatic carbocycles. The van der Waals surface area contributed by atoms with Crippen molar-refractivity contribution in [3.63, 3.8) is 0 Å². The van der Waals surface area contributed by atoms with Gasteiger partial charge in [-0.2, -0.15) is 6.42 Å². The maximum absolute atomic E-state index is 3.60. The van der Waals surface area contributed by atoms with Crippen molar-refractivity contribution in [2.45, 2.75) is 40.5 Å². The molecule has 0 atom stereocenters. The first kappa shape index (κ1) is 18.4. The predicted octanol–water partition coefficient (Wildman–Crippen LogP) is -0.0273. The Hall–Kier alpha value is 0.557. The van der Waals surface area contributed by atoms with Crippen molar-refractivity contribution in [1.29, 1.82) is 0 Å². The maximum atomic E-state index is 3.60. The number of hydrogen-bond acceptors (Lipinski definition) is 1. The number of hydrogen-bond donors (Lipinski definition) is 0. The zero-order valence-electron chi connectivity index (χ0n) is 9.69. The van der Waals surface area contributed by atoms with Crippen LogP contribution in [0.15, 0.2) is 0 Å². The fourth-order valence-electron chi connectivity index (χ4n) is 0.671. The normalized spacial score (nSPS) is 8.50. The van der Waals surface area contributed by atoms with E-state index in [1.165, 1.54) is 26.1 Å². The average Bonchev–Trinajstić information content (AvgIpc) is 2.08. The summed E-state index contributed by atoms with van der Waals surface area (Å²) < 4.78 is 0. The Kier molecular flexibility index (Phi) is 26.9. The maximum Gasteiger partial charge on any atom is 1.00 e. The summed E-state index contributed by atoms with van der Waals surface area (Å²) in [4.78, 5) is 2.38. The van der Waals surface area contributed by atoms with E-state index in [1.54, 1.807) is 0 Å². The molecule has 70 valence electrons. The molecule has 0 saturated heterocycles. The fraction of sp³-hybridized carbons (Fsp3) is 0.900. The first-order chi connectivity index (χ1) is 5.26. The van der Waals surface area contributed by atoms with Gasteiger partial charge in [-0.15, -0.1) is 0 Å². The summed E-state index contributed by atoms with van der Waals surface area (Å²) in [5.41, 5.74) is 0. The van der Waals surface area contributed by atoms with Gasteiger partial charge in [0, 0.05) is 0 Å². The number of nitrogens with zero attached hydrogens (tertiary/aromatic N) is 1. The van der Waals surface area contributed by atoms with Crippen molar-refractivity contribution in [3.05, 3.63) is 6.92 Å². The second-order valence-corrected chi connectivity index (χ2v) is 2.47. The molecule has 12 heavy (non-hydrogen) atoms. The monoisotopic (exact) mass is 165 g/mol. The van der Waals surface area contributed by atoms with E-state index in [0.29, 0.717) is 0 Å². The van der Waals surface area contributed by atoms with Crippen LogP contribution in [0.3, 0.4) is 0 Å². The molecule has 0 aromatic rings. The summed E-state index contributed by atoms with van der Waals surface area (Å²) in [6.07, 6.45) is 2.28. The van der Waals surface area contributed by atoms with E-state index in [2.05, 4.69) is 39.5 Å². The van der Waals surface area contributed by atoms with Crippen molar-refractivity contribution in [1.82, 2.24) is 4.90 Å². The molecule has 0 aliphatic heterocycles. The minimum atomic E-state index is 0. The van der Waals surface area contributed by atoms with Crippen LogP contribution in [0.2, 0.25) is 0 Å². The largest absolute Gasteiger partial charge is 1.00 e. The van der Waals surface area contributed by atoms with E-state index >= 15 is 0 Å². The molecule has 2 heteroatoms. The Morgan fingerprint density at radius 1 is 0.917 bits per heavy atom. The molecule has 0 unspecified atom stereocenters. The first-order valence-corrected chi connectivity index (χ1v) is 4.78. The third-order valence-corrected chi connectivity index (χ3v) is 1.70. The summed E-state index contributed by atoms with van der Waals surface area (Å²) in [5.74, 6) is 0. The zero-order valence-corrected chi connectivity index (χ0v) is 9.69. The minimum Gasteiger partial charge on any atom is -0.343 e. The summed E-state index contributed by atoms with van der Waals surface area (Å²) in [5, 5.41) is 0. The minimum absolute atomic E-state index is 0. The molecule has 0 bridgehead atoms. The SMILES string of the molecule is CCN(CC)CC.[CH2-]CCC.[Li+]. The molecule has 0 rings (SSSR count). The summed E-state index contributed by atoms with van der Waals surface area (Å²) in [6, 6.07) is 0. The second kappa shape index (κ2) is 17.6. The molecule has 0 aliphatic carbocycles. The van der Waals surface area contributed by atoms with E-state index in [9.17, 15) is 0 Å². The zero-order chi connectivity index (χ0) is 9.11. The van der Waals surface area contributed by atoms with Crippen LogP contribution < -0.4 is 18.9 Å². The smallest absolute Gasteiger partial charge is 0.343 e. The van der Waals surface area contributed by atoms with Crippen LogP contribution in [0, 0.1) is 6.92 Å². The molecule has 0 N–H and O–H groups in total. The quantitative estimate of drug-likeness (QED) is 0.418. The Balaban J connectivity index is -0.000000142. The van der Waals surface area contributed by atoms with Gasteiger partial charge in [-0.05, 0) is 19.6 Å². The van der Waals surface area contributed by atoms with E-state index < -0.39 is 0 Å². The molecule has 0 saturated carbocycles. The van der Waals surface area contributed by atoms with Gasteiger partial charge in [-0.3, -0.25) is 0 Å². The molecule has 0 aromatic heterocycles. The topological polar surface area (TPSA) is 3.24 Å². The van der Waals surface area contributed by atoms with E-state index in [-0.39, 0.29) is 18.9 Å². The van der Waals surface area contributed by atoms with Gasteiger partial charge >= 0.3 is 18.9 Å². The molecule has 0 aliphatic rings. The molecule has 1 nitrogen and oxygen atoms in total. The molecule has 0 radical (unpaired) electrons. The summed E-state index contributed by atoms with van der Waals surface area (Å²) in [6.45, 7) is 15.8. The number of unbranched alkanes of at least 4 members (excludes halogenated alkanes) is 1. The van der Waals surface area contributed by atoms with Crippen LogP contribution in [0.4, 0.5) is 0 Å². The van der Waals surface area contributed by atoms with Crippen LogP contribution in [0.25, 0.3) is 0 Å². The van der Waals surface area contributed by atoms with Gasteiger partial charge < -0.3 is 11.8 Å². The third-order valence-electron chi connectivity index (χ3n) is 1.70. The van der Waals surface area contributed by atoms with Crippen molar-refractivity contribution in [3.8, 4) is 0 Å². The van der Waals surface area contributed by atoms with Crippen molar-refractivity contribution < 1.29 is 18.9 Å². The van der Waals surface area contributed by atoms with Crippen LogP contribution in [0.1, 0.15) is 40.5 Å². The van der Waals surface area contributed by atoms with Crippen LogP contribution in [-0.4, -0.2) is 24.5 Å². The molecule has 0 heterocycles. The van der Waals surface area contributed by atoms with Gasteiger partial charge in [0.15, 0.2) is 0 Å². The van der Waals surface area contributed by atoms with Gasteiger partial charge in [-0.25, -0.2) is 0 Å². The van der Waals surface area contributed by atoms with Crippen molar-refractivity contribution in [2.75, 3.05) is 19.6 Å². The fourth-order valence-corrected chi connectivity index (χ4v) is 0.671. The Labute approximate surface area is 91.1 Å². The summed E-state index contributed by atoms with van der Waals surface area (Å²) in [7, 11) is 0. The second-order valence-electron chi connectivity index (χ2n) is 2.47. The Morgan fingerprint density at radius 3 is 1.17 bits per heavy atom. The van der Waals surface area contributed by atoms with E-state index in [1.807, 2.05) is 0 Å². The van der Waals surface area contributed by atoms with Crippen molar-refractivity contribution in [2.24, 2.45) is 0 Å². The standard InChI is InChI=1S/C6H15N.C4H9.Li/c1-4-7(5-2)6-3;1-3-4-2;/h4-6H2,1-3H3;1,3-4H2,2H3;/q;-1;+1. The average molecular weight is 165 g/mol. The molecule has 0 fully saturated rings. The Bertz CT molecular complexity index is 46.3. The van der Waals surface area contributed by atoms with Crippen LogP contribution in [0.5, 0.6) is 0 Å². The van der Waals surface area contributed by atoms with E-state index in [4.69, 9.17) is 0 Å². The van der Waals surface area contributed by atoms with Crippen LogP contribution >= 0.6 is 0 Å². The van der Waals surface area contributed by atoms with Gasteiger partial charge in [0.25, 0.3) is 0 Å². The number of rotatable bonds is 4. The van der Waals surface area contributed by atoms with Crippen molar-refractivity contribution >= 4 is 0 Å². The molecule has 0 spiro atoms. The van der Waals surface area contributed by atoms with Gasteiger partial charge in [0.2, 0.25) is 0 Å². The van der Waals surface area contributed by atoms with Gasteiger partial charge in [0.1, 0.15) is 0 Å².